The van der Waals surface area contributed by atoms with Gasteiger partial charge in [0.1, 0.15) is 0 Å². The molecule has 3 aliphatic carbocycles. The maximum atomic E-state index is 9.81. The number of fused-ring (bicyclic) bond motifs is 1. The molecule has 0 spiro atoms. The molecule has 0 aromatic heterocycles. The van der Waals surface area contributed by atoms with E-state index in [4.69, 9.17) is 4.43 Å². The maximum absolute atomic E-state index is 9.81. The smallest absolute Gasteiger partial charge is 0.192 e. The Balaban J connectivity index is 1.80. The van der Waals surface area contributed by atoms with E-state index in [9.17, 15) is 5.11 Å². The quantitative estimate of drug-likeness (QED) is 0.422. The predicted octanol–water partition coefficient (Wildman–Crippen LogP) is 8.06. The molecule has 1 N–H and O–H groups in total. The Morgan fingerprint density at radius 3 is 2.56 bits per heavy atom. The second-order valence-electron chi connectivity index (χ2n) is 13.1. The summed E-state index contributed by atoms with van der Waals surface area (Å²) < 4.78 is 6.83. The molecule has 0 aromatic rings. The molecule has 3 fully saturated rings. The predicted molar refractivity (Wildman–Crippen MR) is 140 cm³/mol. The molecule has 182 valence electrons. The van der Waals surface area contributed by atoms with Crippen LogP contribution in [0, 0.1) is 29.1 Å². The van der Waals surface area contributed by atoms with Crippen molar-refractivity contribution >= 4 is 8.32 Å². The van der Waals surface area contributed by atoms with Crippen LogP contribution in [0.15, 0.2) is 35.5 Å². The van der Waals surface area contributed by atoms with Crippen LogP contribution in [0.3, 0.4) is 0 Å². The van der Waals surface area contributed by atoms with Crippen LogP contribution in [-0.2, 0) is 4.43 Å². The molecule has 0 amide bonds. The fourth-order valence-electron chi connectivity index (χ4n) is 6.72. The molecule has 0 heterocycles. The van der Waals surface area contributed by atoms with Crippen molar-refractivity contribution in [3.05, 3.63) is 35.5 Å². The van der Waals surface area contributed by atoms with Gasteiger partial charge in [-0.3, -0.25) is 0 Å². The molecule has 0 bridgehead atoms. The fraction of sp³-hybridized carbons (Fsp3) is 0.793. The monoisotopic (exact) mass is 458 g/mol. The summed E-state index contributed by atoms with van der Waals surface area (Å²) >= 11 is 0. The van der Waals surface area contributed by atoms with E-state index in [0.29, 0.717) is 41.8 Å². The van der Waals surface area contributed by atoms with Crippen molar-refractivity contribution in [1.29, 1.82) is 0 Å². The van der Waals surface area contributed by atoms with Gasteiger partial charge in [-0.2, -0.15) is 0 Å². The van der Waals surface area contributed by atoms with E-state index in [1.807, 2.05) is 0 Å². The molecule has 0 saturated heterocycles. The van der Waals surface area contributed by atoms with Gasteiger partial charge in [-0.1, -0.05) is 65.8 Å². The summed E-state index contributed by atoms with van der Waals surface area (Å²) in [5, 5.41) is 10.0. The summed E-state index contributed by atoms with van der Waals surface area (Å²) in [6.45, 7) is 23.6. The molecule has 2 nitrogen and oxygen atoms in total. The second kappa shape index (κ2) is 9.54. The van der Waals surface area contributed by atoms with E-state index >= 15 is 0 Å². The minimum absolute atomic E-state index is 0.244. The van der Waals surface area contributed by atoms with Crippen molar-refractivity contribution < 1.29 is 9.53 Å². The Labute approximate surface area is 199 Å². The number of rotatable bonds is 5. The first kappa shape index (κ1) is 26.0. The lowest BCUT2D eigenvalue weighted by Crippen LogP contribution is -2.45. The number of hydrogen-bond acceptors (Lipinski definition) is 2. The van der Waals surface area contributed by atoms with Gasteiger partial charge in [-0.05, 0) is 103 Å². The normalized spacial score (nSPS) is 37.7. The van der Waals surface area contributed by atoms with Gasteiger partial charge in [-0.25, -0.2) is 0 Å². The Morgan fingerprint density at radius 1 is 1.25 bits per heavy atom. The lowest BCUT2D eigenvalue weighted by Gasteiger charge is -2.44. The number of aliphatic hydroxyl groups excluding tert-OH is 1. The van der Waals surface area contributed by atoms with E-state index in [-0.39, 0.29) is 5.04 Å². The summed E-state index contributed by atoms with van der Waals surface area (Å²) in [7, 11) is -1.77. The van der Waals surface area contributed by atoms with Gasteiger partial charge in [0.05, 0.1) is 0 Å². The Bertz CT molecular complexity index is 756. The number of aliphatic hydroxyl groups is 1. The van der Waals surface area contributed by atoms with Crippen LogP contribution in [0.25, 0.3) is 0 Å². The van der Waals surface area contributed by atoms with Gasteiger partial charge < -0.3 is 9.53 Å². The van der Waals surface area contributed by atoms with E-state index in [0.717, 1.165) is 12.8 Å². The number of hydrogen-bond donors (Lipinski definition) is 1. The van der Waals surface area contributed by atoms with Crippen molar-refractivity contribution in [2.24, 2.45) is 29.1 Å². The Morgan fingerprint density at radius 2 is 1.94 bits per heavy atom. The molecular formula is C29H50O2Si. The standard InChI is InChI=1S/C29H50O2Si/c1-20-17-25(31-32(8,9)28(4,5)6)18-24(22(20)3)13-12-23-11-10-16-29(7)26(21(2)19-30)14-15-27(23)29/h12-13,20-21,25-27,30H,3,10-11,14-19H2,1-2,4-9H3/b23-12+,24-13+/t20-,21+,25-,26?,27-,29+/m0/s1. The number of allylic oxidation sites excluding steroid dienone is 4. The maximum Gasteiger partial charge on any atom is 0.192 e. The fourth-order valence-corrected chi connectivity index (χ4v) is 8.09. The summed E-state index contributed by atoms with van der Waals surface area (Å²) in [5.74, 6) is 2.23. The average Bonchev–Trinajstić information content (AvgIpc) is 3.05. The molecule has 6 atom stereocenters. The summed E-state index contributed by atoms with van der Waals surface area (Å²) in [5.41, 5.74) is 4.72. The average molecular weight is 459 g/mol. The molecule has 0 radical (unpaired) electrons. The van der Waals surface area contributed by atoms with Crippen molar-refractivity contribution in [3.8, 4) is 0 Å². The SMILES string of the molecule is C=C1/C(=C/C=C2\CCC[C@]3(C)C([C@H](C)CO)CC[C@@H]23)C[C@@H](O[Si](C)(C)C(C)(C)C)C[C@@H]1C. The van der Waals surface area contributed by atoms with E-state index in [1.165, 1.54) is 43.3 Å². The summed E-state index contributed by atoms with van der Waals surface area (Å²) in [6, 6.07) is 0. The van der Waals surface area contributed by atoms with Gasteiger partial charge in [-0.15, -0.1) is 0 Å². The third-order valence-corrected chi connectivity index (χ3v) is 14.4. The summed E-state index contributed by atoms with van der Waals surface area (Å²) in [4.78, 5) is 0. The van der Waals surface area contributed by atoms with Crippen molar-refractivity contribution in [1.82, 2.24) is 0 Å². The highest BCUT2D eigenvalue weighted by Crippen LogP contribution is 2.59. The zero-order valence-electron chi connectivity index (χ0n) is 22.3. The molecule has 32 heavy (non-hydrogen) atoms. The van der Waals surface area contributed by atoms with E-state index < -0.39 is 8.32 Å². The third kappa shape index (κ3) is 5.05. The van der Waals surface area contributed by atoms with Crippen LogP contribution in [0.2, 0.25) is 18.1 Å². The van der Waals surface area contributed by atoms with Crippen molar-refractivity contribution in [2.75, 3.05) is 6.61 Å². The first-order valence-electron chi connectivity index (χ1n) is 13.2. The van der Waals surface area contributed by atoms with Gasteiger partial charge in [0.25, 0.3) is 0 Å². The van der Waals surface area contributed by atoms with Gasteiger partial charge in [0.15, 0.2) is 8.32 Å². The lowest BCUT2D eigenvalue weighted by atomic mass is 9.61. The Hall–Kier alpha value is -0.643. The molecule has 1 unspecified atom stereocenters. The van der Waals surface area contributed by atoms with Crippen molar-refractivity contribution in [3.63, 3.8) is 0 Å². The highest BCUT2D eigenvalue weighted by Gasteiger charge is 2.50. The first-order valence-corrected chi connectivity index (χ1v) is 16.1. The van der Waals surface area contributed by atoms with Crippen LogP contribution >= 0.6 is 0 Å². The van der Waals surface area contributed by atoms with Gasteiger partial charge >= 0.3 is 0 Å². The molecular weight excluding hydrogens is 408 g/mol. The Kier molecular flexibility index (Phi) is 7.75. The molecule has 3 rings (SSSR count). The van der Waals surface area contributed by atoms with E-state index in [2.05, 4.69) is 73.4 Å². The van der Waals surface area contributed by atoms with Gasteiger partial charge in [0.2, 0.25) is 0 Å². The lowest BCUT2D eigenvalue weighted by molar-refractivity contribution is 0.0690. The molecule has 3 heteroatoms. The molecule has 3 aliphatic rings. The largest absolute Gasteiger partial charge is 0.414 e. The highest BCUT2D eigenvalue weighted by atomic mass is 28.4. The molecule has 0 aliphatic heterocycles. The molecule has 3 saturated carbocycles. The third-order valence-electron chi connectivity index (χ3n) is 9.85. The van der Waals surface area contributed by atoms with Gasteiger partial charge in [0, 0.05) is 12.7 Å². The van der Waals surface area contributed by atoms with Crippen LogP contribution in [-0.4, -0.2) is 26.1 Å². The second-order valence-corrected chi connectivity index (χ2v) is 17.8. The van der Waals surface area contributed by atoms with Crippen LogP contribution in [0.4, 0.5) is 0 Å². The topological polar surface area (TPSA) is 29.5 Å². The highest BCUT2D eigenvalue weighted by molar-refractivity contribution is 6.74. The first-order chi connectivity index (χ1) is 14.8. The zero-order chi connectivity index (χ0) is 23.9. The minimum atomic E-state index is -1.77. The minimum Gasteiger partial charge on any atom is -0.414 e. The molecule has 0 aromatic carbocycles. The summed E-state index contributed by atoms with van der Waals surface area (Å²) in [6.07, 6.45) is 13.7. The van der Waals surface area contributed by atoms with Crippen LogP contribution in [0.5, 0.6) is 0 Å². The van der Waals surface area contributed by atoms with E-state index in [1.54, 1.807) is 5.57 Å². The van der Waals surface area contributed by atoms with Crippen LogP contribution in [0.1, 0.15) is 86.5 Å². The van der Waals surface area contributed by atoms with Crippen LogP contribution < -0.4 is 0 Å². The van der Waals surface area contributed by atoms with Crippen molar-refractivity contribution in [2.45, 2.75) is 111 Å². The zero-order valence-corrected chi connectivity index (χ0v) is 23.3.